The Labute approximate surface area is 111 Å². The Morgan fingerprint density at radius 3 is 3.00 bits per heavy atom. The van der Waals surface area contributed by atoms with Gasteiger partial charge in [0.05, 0.1) is 18.3 Å². The number of likely N-dealkylation sites (N-methyl/N-ethyl adjacent to an activating group) is 1. The van der Waals surface area contributed by atoms with Crippen LogP contribution in [0.1, 0.15) is 18.5 Å². The van der Waals surface area contributed by atoms with Crippen molar-refractivity contribution in [1.82, 2.24) is 5.32 Å². The normalized spacial score (nSPS) is 15.5. The summed E-state index contributed by atoms with van der Waals surface area (Å²) in [5.41, 5.74) is 6.87. The minimum Gasteiger partial charge on any atom is -0.482 e. The highest BCUT2D eigenvalue weighted by Gasteiger charge is 2.23. The first-order valence-corrected chi connectivity index (χ1v) is 6.05. The number of nitrogens with one attached hydrogen (secondary N) is 1. The molecule has 1 aliphatic rings. The van der Waals surface area contributed by atoms with E-state index in [2.05, 4.69) is 5.32 Å². The van der Waals surface area contributed by atoms with Crippen LogP contribution in [0.2, 0.25) is 0 Å². The maximum Gasteiger partial charge on any atom is 0.264 e. The summed E-state index contributed by atoms with van der Waals surface area (Å²) in [6.07, 6.45) is 0. The van der Waals surface area contributed by atoms with Crippen molar-refractivity contribution in [1.29, 1.82) is 0 Å². The molecule has 19 heavy (non-hydrogen) atoms. The van der Waals surface area contributed by atoms with Crippen molar-refractivity contribution in [2.24, 2.45) is 5.73 Å². The average molecular weight is 263 g/mol. The van der Waals surface area contributed by atoms with Crippen molar-refractivity contribution >= 4 is 17.5 Å². The van der Waals surface area contributed by atoms with Crippen molar-refractivity contribution in [2.45, 2.75) is 13.0 Å². The molecule has 0 bridgehead atoms. The van der Waals surface area contributed by atoms with Crippen LogP contribution in [-0.4, -0.2) is 32.0 Å². The summed E-state index contributed by atoms with van der Waals surface area (Å²) < 4.78 is 5.34. The fraction of sp³-hybridized carbons (Fsp3) is 0.385. The summed E-state index contributed by atoms with van der Waals surface area (Å²) >= 11 is 0. The molecule has 6 heteroatoms. The van der Waals surface area contributed by atoms with Crippen LogP contribution in [0.4, 0.5) is 5.69 Å². The van der Waals surface area contributed by atoms with Gasteiger partial charge < -0.3 is 20.7 Å². The molecule has 0 aromatic heterocycles. The van der Waals surface area contributed by atoms with Gasteiger partial charge in [0.1, 0.15) is 5.75 Å². The van der Waals surface area contributed by atoms with Gasteiger partial charge >= 0.3 is 0 Å². The van der Waals surface area contributed by atoms with Crippen molar-refractivity contribution in [2.75, 3.05) is 25.1 Å². The van der Waals surface area contributed by atoms with E-state index in [1.54, 1.807) is 18.0 Å². The van der Waals surface area contributed by atoms with Gasteiger partial charge in [0.2, 0.25) is 5.91 Å². The van der Waals surface area contributed by atoms with Gasteiger partial charge in [-0.25, -0.2) is 0 Å². The molecule has 1 aliphatic heterocycles. The predicted octanol–water partition coefficient (Wildman–Crippen LogP) is 0.178. The molecule has 102 valence electrons. The molecule has 0 fully saturated rings. The second kappa shape index (κ2) is 5.27. The molecule has 2 rings (SSSR count). The van der Waals surface area contributed by atoms with Crippen molar-refractivity contribution in [3.05, 3.63) is 23.8 Å². The Bertz CT molecular complexity index is 516. The van der Waals surface area contributed by atoms with Crippen LogP contribution in [0.3, 0.4) is 0 Å². The maximum atomic E-state index is 11.6. The lowest BCUT2D eigenvalue weighted by Gasteiger charge is -2.27. The van der Waals surface area contributed by atoms with E-state index in [-0.39, 0.29) is 31.0 Å². The molecule has 1 atom stereocenters. The fourth-order valence-corrected chi connectivity index (χ4v) is 1.94. The Kier molecular flexibility index (Phi) is 3.71. The van der Waals surface area contributed by atoms with Gasteiger partial charge in [0, 0.05) is 7.05 Å². The molecule has 0 radical (unpaired) electrons. The highest BCUT2D eigenvalue weighted by atomic mass is 16.5. The number of ether oxygens (including phenoxy) is 1. The smallest absolute Gasteiger partial charge is 0.264 e. The number of rotatable bonds is 3. The highest BCUT2D eigenvalue weighted by molar-refractivity contribution is 5.97. The number of hydrogen-bond donors (Lipinski definition) is 2. The van der Waals surface area contributed by atoms with Crippen LogP contribution in [0.25, 0.3) is 0 Å². The van der Waals surface area contributed by atoms with E-state index in [0.717, 1.165) is 5.56 Å². The number of benzene rings is 1. The number of carbonyl (C=O) groups is 2. The molecule has 0 aliphatic carbocycles. The molecule has 6 nitrogen and oxygen atoms in total. The third-order valence-corrected chi connectivity index (χ3v) is 3.13. The monoisotopic (exact) mass is 263 g/mol. The zero-order valence-electron chi connectivity index (χ0n) is 11.0. The molecule has 1 aromatic rings. The van der Waals surface area contributed by atoms with Crippen LogP contribution in [0, 0.1) is 0 Å². The number of nitrogens with two attached hydrogens (primary N) is 1. The van der Waals surface area contributed by atoms with Gasteiger partial charge in [-0.05, 0) is 24.6 Å². The van der Waals surface area contributed by atoms with E-state index in [4.69, 9.17) is 10.5 Å². The number of amides is 2. The number of hydrogen-bond acceptors (Lipinski definition) is 4. The zero-order valence-corrected chi connectivity index (χ0v) is 11.0. The molecule has 1 unspecified atom stereocenters. The Balaban J connectivity index is 2.25. The van der Waals surface area contributed by atoms with Crippen molar-refractivity contribution in [3.63, 3.8) is 0 Å². The second-order valence-corrected chi connectivity index (χ2v) is 4.46. The summed E-state index contributed by atoms with van der Waals surface area (Å²) in [5.74, 6) is 0.359. The largest absolute Gasteiger partial charge is 0.482 e. The predicted molar refractivity (Wildman–Crippen MR) is 71.0 cm³/mol. The first-order valence-electron chi connectivity index (χ1n) is 6.05. The van der Waals surface area contributed by atoms with Gasteiger partial charge in [-0.15, -0.1) is 0 Å². The molecule has 0 saturated carbocycles. The quantitative estimate of drug-likeness (QED) is 0.814. The Morgan fingerprint density at radius 2 is 2.32 bits per heavy atom. The minimum absolute atomic E-state index is 0.0449. The molecule has 0 saturated heterocycles. The minimum atomic E-state index is -0.217. The molecule has 0 spiro atoms. The second-order valence-electron chi connectivity index (χ2n) is 4.46. The number of fused-ring (bicyclic) bond motifs is 1. The molecular weight excluding hydrogens is 246 g/mol. The van der Waals surface area contributed by atoms with Crippen molar-refractivity contribution < 1.29 is 14.3 Å². The van der Waals surface area contributed by atoms with E-state index in [1.807, 2.05) is 19.1 Å². The maximum absolute atomic E-state index is 11.6. The van der Waals surface area contributed by atoms with Crippen molar-refractivity contribution in [3.8, 4) is 5.75 Å². The van der Waals surface area contributed by atoms with Crippen LogP contribution in [0.15, 0.2) is 18.2 Å². The molecule has 3 N–H and O–H groups in total. The molecule has 1 aromatic carbocycles. The Hall–Kier alpha value is -2.08. The lowest BCUT2D eigenvalue weighted by Crippen LogP contribution is -2.36. The first kappa shape index (κ1) is 13.4. The third kappa shape index (κ3) is 2.68. The SMILES string of the molecule is CC(NC(=O)CN)c1ccc2c(c1)N(C)C(=O)CO2. The fourth-order valence-electron chi connectivity index (χ4n) is 1.94. The zero-order chi connectivity index (χ0) is 14.0. The van der Waals surface area contributed by atoms with E-state index in [1.165, 1.54) is 0 Å². The average Bonchev–Trinajstić information content (AvgIpc) is 2.42. The van der Waals surface area contributed by atoms with Gasteiger partial charge in [-0.2, -0.15) is 0 Å². The highest BCUT2D eigenvalue weighted by Crippen LogP contribution is 2.33. The number of carbonyl (C=O) groups excluding carboxylic acids is 2. The number of anilines is 1. The molecule has 1 heterocycles. The first-order chi connectivity index (χ1) is 9.02. The summed E-state index contributed by atoms with van der Waals surface area (Å²) in [4.78, 5) is 24.4. The molecule has 2 amide bonds. The standard InChI is InChI=1S/C13H17N3O3/c1-8(15-12(17)6-14)9-3-4-11-10(5-9)16(2)13(18)7-19-11/h3-5,8H,6-7,14H2,1-2H3,(H,15,17). The van der Waals surface area contributed by atoms with Gasteiger partial charge in [-0.3, -0.25) is 9.59 Å². The summed E-state index contributed by atoms with van der Waals surface area (Å²) in [5, 5.41) is 2.77. The van der Waals surface area contributed by atoms with Gasteiger partial charge in [0.15, 0.2) is 6.61 Å². The lowest BCUT2D eigenvalue weighted by atomic mass is 10.1. The van der Waals surface area contributed by atoms with Crippen LogP contribution >= 0.6 is 0 Å². The van der Waals surface area contributed by atoms with E-state index < -0.39 is 0 Å². The summed E-state index contributed by atoms with van der Waals surface area (Å²) in [7, 11) is 1.70. The molecular formula is C13H17N3O3. The summed E-state index contributed by atoms with van der Waals surface area (Å²) in [6, 6.07) is 5.34. The van der Waals surface area contributed by atoms with Crippen LogP contribution < -0.4 is 20.7 Å². The summed E-state index contributed by atoms with van der Waals surface area (Å²) in [6.45, 7) is 1.87. The Morgan fingerprint density at radius 1 is 1.58 bits per heavy atom. The third-order valence-electron chi connectivity index (χ3n) is 3.13. The van der Waals surface area contributed by atoms with E-state index in [0.29, 0.717) is 11.4 Å². The number of nitrogens with zero attached hydrogens (tertiary/aromatic N) is 1. The van der Waals surface area contributed by atoms with E-state index >= 15 is 0 Å². The van der Waals surface area contributed by atoms with Gasteiger partial charge in [0.25, 0.3) is 5.91 Å². The van der Waals surface area contributed by atoms with Crippen LogP contribution in [-0.2, 0) is 9.59 Å². The van der Waals surface area contributed by atoms with E-state index in [9.17, 15) is 9.59 Å². The van der Waals surface area contributed by atoms with Crippen LogP contribution in [0.5, 0.6) is 5.75 Å². The van der Waals surface area contributed by atoms with Gasteiger partial charge in [-0.1, -0.05) is 6.07 Å². The topological polar surface area (TPSA) is 84.7 Å². The lowest BCUT2D eigenvalue weighted by molar-refractivity contribution is -0.121.